The molecule has 2 aromatic heterocycles. The summed E-state index contributed by atoms with van der Waals surface area (Å²) < 4.78 is 6.76. The Bertz CT molecular complexity index is 810. The van der Waals surface area contributed by atoms with Crippen molar-refractivity contribution >= 4 is 18.1 Å². The summed E-state index contributed by atoms with van der Waals surface area (Å²) >= 11 is 5.10. The predicted octanol–water partition coefficient (Wildman–Crippen LogP) is 0.770. The summed E-state index contributed by atoms with van der Waals surface area (Å²) in [4.78, 5) is 29.5. The third-order valence-electron chi connectivity index (χ3n) is 2.81. The molecule has 0 aliphatic rings. The van der Waals surface area contributed by atoms with Gasteiger partial charge in [0.2, 0.25) is 11.8 Å². The molecule has 0 fully saturated rings. The number of hydrogen-bond donors (Lipinski definition) is 2. The molecule has 2 rings (SSSR count). The highest BCUT2D eigenvalue weighted by Crippen LogP contribution is 2.27. The van der Waals surface area contributed by atoms with E-state index in [1.54, 1.807) is 12.3 Å². The highest BCUT2D eigenvalue weighted by Gasteiger charge is 2.14. The van der Waals surface area contributed by atoms with Crippen LogP contribution in [0.4, 0.5) is 0 Å². The van der Waals surface area contributed by atoms with E-state index < -0.39 is 5.91 Å². The van der Waals surface area contributed by atoms with Crippen molar-refractivity contribution in [2.75, 3.05) is 7.11 Å². The van der Waals surface area contributed by atoms with Gasteiger partial charge >= 0.3 is 0 Å². The SMILES string of the molecule is COc1ncc(C)cc1-c1cc(=O)[nH]c(=S)n1CC(N)=O. The van der Waals surface area contributed by atoms with E-state index in [0.29, 0.717) is 17.1 Å². The van der Waals surface area contributed by atoms with Crippen LogP contribution in [0.15, 0.2) is 23.1 Å². The van der Waals surface area contributed by atoms with Gasteiger partial charge < -0.3 is 15.0 Å². The summed E-state index contributed by atoms with van der Waals surface area (Å²) in [6.45, 7) is 1.71. The molecule has 7 nitrogen and oxygen atoms in total. The molecule has 0 spiro atoms. The normalized spacial score (nSPS) is 10.4. The molecule has 0 saturated heterocycles. The first-order valence-electron chi connectivity index (χ1n) is 6.06. The molecule has 0 aliphatic carbocycles. The summed E-state index contributed by atoms with van der Waals surface area (Å²) in [6, 6.07) is 3.13. The molecule has 110 valence electrons. The number of carbonyl (C=O) groups is 1. The van der Waals surface area contributed by atoms with Gasteiger partial charge in [0.05, 0.1) is 18.4 Å². The zero-order chi connectivity index (χ0) is 15.6. The molecule has 0 aromatic carbocycles. The second-order valence-electron chi connectivity index (χ2n) is 4.45. The first-order valence-corrected chi connectivity index (χ1v) is 6.46. The number of rotatable bonds is 4. The van der Waals surface area contributed by atoms with Crippen molar-refractivity contribution in [3.8, 4) is 17.1 Å². The Kier molecular flexibility index (Phi) is 4.18. The van der Waals surface area contributed by atoms with Gasteiger partial charge in [-0.25, -0.2) is 4.98 Å². The van der Waals surface area contributed by atoms with Crippen LogP contribution in [0.1, 0.15) is 5.56 Å². The van der Waals surface area contributed by atoms with Gasteiger partial charge in [0, 0.05) is 12.3 Å². The van der Waals surface area contributed by atoms with Gasteiger partial charge in [-0.05, 0) is 30.8 Å². The van der Waals surface area contributed by atoms with Gasteiger partial charge in [-0.2, -0.15) is 0 Å². The molecular formula is C13H14N4O3S. The van der Waals surface area contributed by atoms with Crippen molar-refractivity contribution in [2.24, 2.45) is 5.73 Å². The van der Waals surface area contributed by atoms with Gasteiger partial charge in [-0.3, -0.25) is 14.6 Å². The quantitative estimate of drug-likeness (QED) is 0.812. The fourth-order valence-electron chi connectivity index (χ4n) is 1.96. The van der Waals surface area contributed by atoms with Gasteiger partial charge in [-0.1, -0.05) is 0 Å². The van der Waals surface area contributed by atoms with E-state index in [-0.39, 0.29) is 16.9 Å². The van der Waals surface area contributed by atoms with Crippen molar-refractivity contribution in [3.63, 3.8) is 0 Å². The Morgan fingerprint density at radius 3 is 2.86 bits per heavy atom. The average Bonchev–Trinajstić information content (AvgIpc) is 2.41. The number of ether oxygens (including phenoxy) is 1. The van der Waals surface area contributed by atoms with E-state index in [9.17, 15) is 9.59 Å². The van der Waals surface area contributed by atoms with Crippen molar-refractivity contribution in [3.05, 3.63) is 39.0 Å². The molecule has 0 atom stereocenters. The zero-order valence-electron chi connectivity index (χ0n) is 11.5. The van der Waals surface area contributed by atoms with Crippen LogP contribution in [0.2, 0.25) is 0 Å². The number of amides is 1. The van der Waals surface area contributed by atoms with Gasteiger partial charge in [0.15, 0.2) is 4.77 Å². The smallest absolute Gasteiger partial charge is 0.252 e. The number of methoxy groups -OCH3 is 1. The summed E-state index contributed by atoms with van der Waals surface area (Å²) in [6.07, 6.45) is 1.64. The van der Waals surface area contributed by atoms with Crippen molar-refractivity contribution < 1.29 is 9.53 Å². The van der Waals surface area contributed by atoms with Crippen LogP contribution in [0.25, 0.3) is 11.3 Å². The molecular weight excluding hydrogens is 292 g/mol. The van der Waals surface area contributed by atoms with E-state index in [1.165, 1.54) is 17.7 Å². The van der Waals surface area contributed by atoms with Gasteiger partial charge in [0.25, 0.3) is 5.56 Å². The lowest BCUT2D eigenvalue weighted by molar-refractivity contribution is -0.118. The lowest BCUT2D eigenvalue weighted by atomic mass is 10.1. The predicted molar refractivity (Wildman–Crippen MR) is 79.6 cm³/mol. The number of pyridine rings is 1. The molecule has 2 aromatic rings. The van der Waals surface area contributed by atoms with Crippen molar-refractivity contribution in [1.82, 2.24) is 14.5 Å². The maximum atomic E-state index is 11.7. The number of aromatic amines is 1. The fourth-order valence-corrected chi connectivity index (χ4v) is 2.22. The van der Waals surface area contributed by atoms with E-state index in [4.69, 9.17) is 22.7 Å². The second-order valence-corrected chi connectivity index (χ2v) is 4.83. The number of aromatic nitrogens is 3. The fraction of sp³-hybridized carbons (Fsp3) is 0.231. The topological polar surface area (TPSA) is 103 Å². The Morgan fingerprint density at radius 2 is 2.24 bits per heavy atom. The van der Waals surface area contributed by atoms with Crippen LogP contribution in [0, 0.1) is 11.7 Å². The first-order chi connectivity index (χ1) is 9.92. The number of nitrogens with two attached hydrogens (primary N) is 1. The van der Waals surface area contributed by atoms with Crippen molar-refractivity contribution in [2.45, 2.75) is 13.5 Å². The molecule has 0 bridgehead atoms. The van der Waals surface area contributed by atoms with Crippen LogP contribution in [0.3, 0.4) is 0 Å². The molecule has 3 N–H and O–H groups in total. The first kappa shape index (κ1) is 14.9. The van der Waals surface area contributed by atoms with Crippen molar-refractivity contribution in [1.29, 1.82) is 0 Å². The molecule has 2 heterocycles. The van der Waals surface area contributed by atoms with E-state index in [2.05, 4.69) is 9.97 Å². The maximum absolute atomic E-state index is 11.7. The summed E-state index contributed by atoms with van der Waals surface area (Å²) in [5.41, 5.74) is 6.73. The number of nitrogens with zero attached hydrogens (tertiary/aromatic N) is 2. The van der Waals surface area contributed by atoms with Crippen LogP contribution in [-0.4, -0.2) is 27.6 Å². The molecule has 0 saturated carbocycles. The number of aryl methyl sites for hydroxylation is 1. The monoisotopic (exact) mass is 306 g/mol. The largest absolute Gasteiger partial charge is 0.481 e. The maximum Gasteiger partial charge on any atom is 0.252 e. The standard InChI is InChI=1S/C13H14N4O3S/c1-7-3-8(12(20-2)15-5-7)9-4-11(19)16-13(21)17(9)6-10(14)18/h3-5H,6H2,1-2H3,(H2,14,18)(H,16,19,21). The summed E-state index contributed by atoms with van der Waals surface area (Å²) in [5, 5.41) is 0. The Labute approximate surface area is 125 Å². The Hall–Kier alpha value is -2.48. The van der Waals surface area contributed by atoms with Gasteiger partial charge in [-0.15, -0.1) is 0 Å². The third-order valence-corrected chi connectivity index (χ3v) is 3.13. The molecule has 0 radical (unpaired) electrons. The lowest BCUT2D eigenvalue weighted by Crippen LogP contribution is -2.23. The number of carbonyl (C=O) groups excluding carboxylic acids is 1. The van der Waals surface area contributed by atoms with E-state index >= 15 is 0 Å². The molecule has 8 heteroatoms. The molecule has 1 amide bonds. The minimum absolute atomic E-state index is 0.111. The highest BCUT2D eigenvalue weighted by molar-refractivity contribution is 7.71. The molecule has 21 heavy (non-hydrogen) atoms. The number of nitrogens with one attached hydrogen (secondary N) is 1. The van der Waals surface area contributed by atoms with E-state index in [1.807, 2.05) is 6.92 Å². The Balaban J connectivity index is 2.79. The van der Waals surface area contributed by atoms with Crippen LogP contribution >= 0.6 is 12.2 Å². The number of H-pyrrole nitrogens is 1. The van der Waals surface area contributed by atoms with Crippen LogP contribution in [0.5, 0.6) is 5.88 Å². The summed E-state index contributed by atoms with van der Waals surface area (Å²) in [5.74, 6) is -0.238. The van der Waals surface area contributed by atoms with Gasteiger partial charge in [0.1, 0.15) is 6.54 Å². The summed E-state index contributed by atoms with van der Waals surface area (Å²) in [7, 11) is 1.47. The number of primary amides is 1. The Morgan fingerprint density at radius 1 is 1.52 bits per heavy atom. The zero-order valence-corrected chi connectivity index (χ0v) is 12.4. The lowest BCUT2D eigenvalue weighted by Gasteiger charge is -2.14. The van der Waals surface area contributed by atoms with Crippen LogP contribution < -0.4 is 16.0 Å². The van der Waals surface area contributed by atoms with Crippen LogP contribution in [-0.2, 0) is 11.3 Å². The minimum Gasteiger partial charge on any atom is -0.481 e. The molecule has 0 unspecified atom stereocenters. The average molecular weight is 306 g/mol. The number of hydrogen-bond acceptors (Lipinski definition) is 5. The highest BCUT2D eigenvalue weighted by atomic mass is 32.1. The van der Waals surface area contributed by atoms with E-state index in [0.717, 1.165) is 5.56 Å². The minimum atomic E-state index is -0.570. The second kappa shape index (κ2) is 5.88. The third kappa shape index (κ3) is 3.16. The molecule has 0 aliphatic heterocycles.